The van der Waals surface area contributed by atoms with Gasteiger partial charge in [-0.1, -0.05) is 32.0 Å². The van der Waals surface area contributed by atoms with Crippen molar-refractivity contribution in [3.8, 4) is 0 Å². The molecule has 1 amide bonds. The molecule has 0 unspecified atom stereocenters. The fraction of sp³-hybridized carbons (Fsp3) is 0.526. The Hall–Kier alpha value is -1.77. The molecule has 0 radical (unpaired) electrons. The highest BCUT2D eigenvalue weighted by Crippen LogP contribution is 2.67. The van der Waals surface area contributed by atoms with Crippen LogP contribution in [0.25, 0.3) is 10.9 Å². The predicted octanol–water partition coefficient (Wildman–Crippen LogP) is 3.75. The largest absolute Gasteiger partial charge is 0.356 e. The summed E-state index contributed by atoms with van der Waals surface area (Å²) in [6, 6.07) is 8.69. The summed E-state index contributed by atoms with van der Waals surface area (Å²) in [6.07, 6.45) is 1.06. The normalized spacial score (nSPS) is 22.8. The fourth-order valence-electron chi connectivity index (χ4n) is 4.20. The molecule has 1 aromatic carbocycles. The minimum absolute atomic E-state index is 0.0661. The maximum atomic E-state index is 11.1. The zero-order valence-corrected chi connectivity index (χ0v) is 14.2. The fourth-order valence-corrected chi connectivity index (χ4v) is 4.20. The minimum atomic E-state index is 0.0661. The lowest BCUT2D eigenvalue weighted by atomic mass is 10.0. The van der Waals surface area contributed by atoms with Gasteiger partial charge < -0.3 is 9.88 Å². The highest BCUT2D eigenvalue weighted by Gasteiger charge is 2.58. The molecule has 3 nitrogen and oxygen atoms in total. The van der Waals surface area contributed by atoms with E-state index in [-0.39, 0.29) is 5.91 Å². The number of hydrogen-bond donors (Lipinski definition) is 1. The number of aryl methyl sites for hydroxylation is 1. The molecule has 118 valence electrons. The first-order valence-corrected chi connectivity index (χ1v) is 8.14. The van der Waals surface area contributed by atoms with Crippen molar-refractivity contribution in [2.45, 2.75) is 40.0 Å². The SMILES string of the molecule is CC(=O)NCC[C@@H]1[C@H](c2c(C)n(C)c3ccccc23)C1(C)C. The molecule has 0 bridgehead atoms. The molecule has 22 heavy (non-hydrogen) atoms. The van der Waals surface area contributed by atoms with Crippen molar-refractivity contribution in [3.63, 3.8) is 0 Å². The summed E-state index contributed by atoms with van der Waals surface area (Å²) in [4.78, 5) is 11.1. The number of carbonyl (C=O) groups is 1. The van der Waals surface area contributed by atoms with Crippen LogP contribution in [0.15, 0.2) is 24.3 Å². The van der Waals surface area contributed by atoms with Gasteiger partial charge in [-0.3, -0.25) is 4.79 Å². The molecule has 1 aliphatic carbocycles. The summed E-state index contributed by atoms with van der Waals surface area (Å²) in [5.74, 6) is 1.30. The number of rotatable bonds is 4. The van der Waals surface area contributed by atoms with Crippen molar-refractivity contribution < 1.29 is 4.79 Å². The second-order valence-electron chi connectivity index (χ2n) is 7.25. The van der Waals surface area contributed by atoms with Crippen LogP contribution in [0.1, 0.15) is 44.4 Å². The molecule has 1 heterocycles. The number of amides is 1. The van der Waals surface area contributed by atoms with E-state index in [0.29, 0.717) is 17.3 Å². The van der Waals surface area contributed by atoms with Gasteiger partial charge in [0.1, 0.15) is 0 Å². The van der Waals surface area contributed by atoms with Gasteiger partial charge in [0.25, 0.3) is 0 Å². The van der Waals surface area contributed by atoms with Crippen molar-refractivity contribution in [2.75, 3.05) is 6.54 Å². The van der Waals surface area contributed by atoms with E-state index in [9.17, 15) is 4.79 Å². The van der Waals surface area contributed by atoms with Crippen molar-refractivity contribution in [2.24, 2.45) is 18.4 Å². The Kier molecular flexibility index (Phi) is 3.54. The average Bonchev–Trinajstić information content (AvgIpc) is 2.89. The van der Waals surface area contributed by atoms with Crippen LogP contribution >= 0.6 is 0 Å². The van der Waals surface area contributed by atoms with E-state index in [4.69, 9.17) is 0 Å². The van der Waals surface area contributed by atoms with Gasteiger partial charge in [0, 0.05) is 37.1 Å². The first-order valence-electron chi connectivity index (χ1n) is 8.14. The molecular formula is C19H26N2O. The first kappa shape index (κ1) is 15.1. The monoisotopic (exact) mass is 298 g/mol. The third-order valence-corrected chi connectivity index (χ3v) is 5.64. The first-order chi connectivity index (χ1) is 10.4. The summed E-state index contributed by atoms with van der Waals surface area (Å²) >= 11 is 0. The number of aromatic nitrogens is 1. The van der Waals surface area contributed by atoms with Crippen molar-refractivity contribution in [1.82, 2.24) is 9.88 Å². The van der Waals surface area contributed by atoms with Crippen LogP contribution in [-0.2, 0) is 11.8 Å². The number of hydrogen-bond acceptors (Lipinski definition) is 1. The number of nitrogens with zero attached hydrogens (tertiary/aromatic N) is 1. The van der Waals surface area contributed by atoms with Gasteiger partial charge in [-0.2, -0.15) is 0 Å². The molecule has 3 rings (SSSR count). The summed E-state index contributed by atoms with van der Waals surface area (Å²) in [5.41, 5.74) is 4.52. The summed E-state index contributed by atoms with van der Waals surface area (Å²) in [5, 5.41) is 4.33. The van der Waals surface area contributed by atoms with Gasteiger partial charge in [0.05, 0.1) is 0 Å². The van der Waals surface area contributed by atoms with E-state index in [1.54, 1.807) is 6.92 Å². The number of para-hydroxylation sites is 1. The van der Waals surface area contributed by atoms with E-state index >= 15 is 0 Å². The van der Waals surface area contributed by atoms with E-state index in [0.717, 1.165) is 13.0 Å². The minimum Gasteiger partial charge on any atom is -0.356 e. The van der Waals surface area contributed by atoms with Crippen molar-refractivity contribution >= 4 is 16.8 Å². The molecule has 3 heteroatoms. The zero-order valence-electron chi connectivity index (χ0n) is 14.2. The number of fused-ring (bicyclic) bond motifs is 1. The Labute approximate surface area is 132 Å². The molecular weight excluding hydrogens is 272 g/mol. The van der Waals surface area contributed by atoms with Crippen molar-refractivity contribution in [3.05, 3.63) is 35.5 Å². The molecule has 1 N–H and O–H groups in total. The predicted molar refractivity (Wildman–Crippen MR) is 91.0 cm³/mol. The molecule has 0 spiro atoms. The third-order valence-electron chi connectivity index (χ3n) is 5.64. The summed E-state index contributed by atoms with van der Waals surface area (Å²) in [6.45, 7) is 9.32. The van der Waals surface area contributed by atoms with Crippen molar-refractivity contribution in [1.29, 1.82) is 0 Å². The van der Waals surface area contributed by atoms with Crippen LogP contribution < -0.4 is 5.32 Å². The van der Waals surface area contributed by atoms with Crippen LogP contribution in [0.4, 0.5) is 0 Å². The molecule has 0 aliphatic heterocycles. The number of benzene rings is 1. The van der Waals surface area contributed by atoms with E-state index in [1.165, 1.54) is 22.2 Å². The van der Waals surface area contributed by atoms with Gasteiger partial charge in [0.15, 0.2) is 0 Å². The Morgan fingerprint density at radius 2 is 2.00 bits per heavy atom. The lowest BCUT2D eigenvalue weighted by Gasteiger charge is -2.04. The molecule has 1 aromatic heterocycles. The van der Waals surface area contributed by atoms with Crippen LogP contribution in [0, 0.1) is 18.3 Å². The molecule has 2 aromatic rings. The molecule has 1 fully saturated rings. The summed E-state index contributed by atoms with van der Waals surface area (Å²) < 4.78 is 2.31. The maximum Gasteiger partial charge on any atom is 0.216 e. The highest BCUT2D eigenvalue weighted by atomic mass is 16.1. The molecule has 1 aliphatic rings. The van der Waals surface area contributed by atoms with E-state index in [1.807, 2.05) is 0 Å². The van der Waals surface area contributed by atoms with Crippen LogP contribution in [0.2, 0.25) is 0 Å². The third kappa shape index (κ3) is 2.23. The maximum absolute atomic E-state index is 11.1. The summed E-state index contributed by atoms with van der Waals surface area (Å²) in [7, 11) is 2.16. The lowest BCUT2D eigenvalue weighted by molar-refractivity contribution is -0.118. The lowest BCUT2D eigenvalue weighted by Crippen LogP contribution is -2.21. The topological polar surface area (TPSA) is 34.0 Å². The quantitative estimate of drug-likeness (QED) is 0.916. The number of nitrogens with one attached hydrogen (secondary N) is 1. The number of carbonyl (C=O) groups excluding carboxylic acids is 1. The smallest absolute Gasteiger partial charge is 0.216 e. The Morgan fingerprint density at radius 1 is 1.32 bits per heavy atom. The van der Waals surface area contributed by atoms with Gasteiger partial charge in [0.2, 0.25) is 5.91 Å². The highest BCUT2D eigenvalue weighted by molar-refractivity contribution is 5.86. The Balaban J connectivity index is 1.92. The van der Waals surface area contributed by atoms with Crippen LogP contribution in [-0.4, -0.2) is 17.0 Å². The second-order valence-corrected chi connectivity index (χ2v) is 7.25. The zero-order chi connectivity index (χ0) is 16.1. The van der Waals surface area contributed by atoms with E-state index in [2.05, 4.69) is 62.0 Å². The molecule has 1 saturated carbocycles. The van der Waals surface area contributed by atoms with Crippen LogP contribution in [0.5, 0.6) is 0 Å². The molecule has 0 saturated heterocycles. The van der Waals surface area contributed by atoms with Gasteiger partial charge in [-0.05, 0) is 42.2 Å². The van der Waals surface area contributed by atoms with Gasteiger partial charge in [-0.15, -0.1) is 0 Å². The van der Waals surface area contributed by atoms with E-state index < -0.39 is 0 Å². The molecule has 2 atom stereocenters. The average molecular weight is 298 g/mol. The van der Waals surface area contributed by atoms with Crippen LogP contribution in [0.3, 0.4) is 0 Å². The standard InChI is InChI=1S/C19H26N2O/c1-12-17(14-8-6-7-9-16(14)21(12)5)18-15(19(18,3)4)10-11-20-13(2)22/h6-9,15,18H,10-11H2,1-5H3,(H,20,22)/t15-,18-/m1/s1. The Bertz CT molecular complexity index is 726. The van der Waals surface area contributed by atoms with Gasteiger partial charge in [-0.25, -0.2) is 0 Å². The van der Waals surface area contributed by atoms with Gasteiger partial charge >= 0.3 is 0 Å². The second kappa shape index (κ2) is 5.15. The Morgan fingerprint density at radius 3 is 2.68 bits per heavy atom.